The summed E-state index contributed by atoms with van der Waals surface area (Å²) in [6.07, 6.45) is 0. The van der Waals surface area contributed by atoms with Crippen LogP contribution in [0.5, 0.6) is 0 Å². The average Bonchev–Trinajstić information content (AvgIpc) is 2.78. The lowest BCUT2D eigenvalue weighted by molar-refractivity contribution is 1.24. The SMILES string of the molecule is Nc1nc(-c2ccccc2Cl)nc2ccsc12. The molecule has 0 amide bonds. The number of benzene rings is 1. The Morgan fingerprint density at radius 1 is 1.12 bits per heavy atom. The number of anilines is 1. The van der Waals surface area contributed by atoms with Crippen molar-refractivity contribution in [2.45, 2.75) is 0 Å². The Labute approximate surface area is 107 Å². The molecule has 2 heterocycles. The molecule has 0 bridgehead atoms. The molecule has 1 aromatic carbocycles. The van der Waals surface area contributed by atoms with Crippen molar-refractivity contribution in [1.82, 2.24) is 9.97 Å². The topological polar surface area (TPSA) is 51.8 Å². The summed E-state index contributed by atoms with van der Waals surface area (Å²) in [7, 11) is 0. The summed E-state index contributed by atoms with van der Waals surface area (Å²) in [5.74, 6) is 1.07. The van der Waals surface area contributed by atoms with Gasteiger partial charge >= 0.3 is 0 Å². The molecule has 3 nitrogen and oxygen atoms in total. The van der Waals surface area contributed by atoms with E-state index < -0.39 is 0 Å². The second-order valence-corrected chi connectivity index (χ2v) is 4.87. The van der Waals surface area contributed by atoms with Crippen LogP contribution < -0.4 is 5.73 Å². The zero-order valence-electron chi connectivity index (χ0n) is 8.72. The average molecular weight is 262 g/mol. The first-order valence-electron chi connectivity index (χ1n) is 5.01. The lowest BCUT2D eigenvalue weighted by atomic mass is 10.2. The Kier molecular flexibility index (Phi) is 2.46. The van der Waals surface area contributed by atoms with Gasteiger partial charge in [0, 0.05) is 5.56 Å². The second-order valence-electron chi connectivity index (χ2n) is 3.55. The number of hydrogen-bond acceptors (Lipinski definition) is 4. The largest absolute Gasteiger partial charge is 0.382 e. The van der Waals surface area contributed by atoms with Crippen molar-refractivity contribution in [3.63, 3.8) is 0 Å². The molecular weight excluding hydrogens is 254 g/mol. The highest BCUT2D eigenvalue weighted by molar-refractivity contribution is 7.17. The number of aromatic nitrogens is 2. The molecule has 3 aromatic rings. The summed E-state index contributed by atoms with van der Waals surface area (Å²) < 4.78 is 0.917. The summed E-state index contributed by atoms with van der Waals surface area (Å²) in [6, 6.07) is 9.40. The number of rotatable bonds is 1. The third-order valence-electron chi connectivity index (χ3n) is 2.44. The molecule has 0 unspecified atom stereocenters. The van der Waals surface area contributed by atoms with Crippen molar-refractivity contribution in [3.05, 3.63) is 40.7 Å². The van der Waals surface area contributed by atoms with Gasteiger partial charge in [-0.15, -0.1) is 11.3 Å². The van der Waals surface area contributed by atoms with Crippen LogP contribution in [0.4, 0.5) is 5.82 Å². The number of hydrogen-bond donors (Lipinski definition) is 1. The summed E-state index contributed by atoms with van der Waals surface area (Å²) >= 11 is 7.66. The fraction of sp³-hybridized carbons (Fsp3) is 0. The van der Waals surface area contributed by atoms with Crippen LogP contribution >= 0.6 is 22.9 Å². The number of fused-ring (bicyclic) bond motifs is 1. The molecule has 3 rings (SSSR count). The van der Waals surface area contributed by atoms with Crippen molar-refractivity contribution in [2.75, 3.05) is 5.73 Å². The molecule has 2 aromatic heterocycles. The van der Waals surface area contributed by atoms with Gasteiger partial charge < -0.3 is 5.73 Å². The minimum absolute atomic E-state index is 0.500. The van der Waals surface area contributed by atoms with E-state index in [0.717, 1.165) is 15.8 Å². The van der Waals surface area contributed by atoms with Gasteiger partial charge in [-0.3, -0.25) is 0 Å². The Morgan fingerprint density at radius 3 is 2.76 bits per heavy atom. The Hall–Kier alpha value is -1.65. The zero-order chi connectivity index (χ0) is 11.8. The van der Waals surface area contributed by atoms with E-state index in [1.807, 2.05) is 35.7 Å². The van der Waals surface area contributed by atoms with Crippen molar-refractivity contribution >= 4 is 39.0 Å². The predicted molar refractivity (Wildman–Crippen MR) is 72.3 cm³/mol. The minimum atomic E-state index is 0.500. The number of nitrogen functional groups attached to an aromatic ring is 1. The van der Waals surface area contributed by atoms with E-state index in [0.29, 0.717) is 16.7 Å². The van der Waals surface area contributed by atoms with E-state index in [-0.39, 0.29) is 0 Å². The molecule has 0 aliphatic carbocycles. The zero-order valence-corrected chi connectivity index (χ0v) is 10.3. The number of nitrogens with two attached hydrogens (primary N) is 1. The van der Waals surface area contributed by atoms with E-state index in [4.69, 9.17) is 17.3 Å². The highest BCUT2D eigenvalue weighted by Crippen LogP contribution is 2.30. The van der Waals surface area contributed by atoms with Crippen LogP contribution in [0.25, 0.3) is 21.6 Å². The molecule has 0 fully saturated rings. The summed E-state index contributed by atoms with van der Waals surface area (Å²) in [4.78, 5) is 8.76. The maximum absolute atomic E-state index is 6.12. The number of nitrogens with zero attached hydrogens (tertiary/aromatic N) is 2. The van der Waals surface area contributed by atoms with Crippen LogP contribution in [0.15, 0.2) is 35.7 Å². The molecule has 2 N–H and O–H groups in total. The van der Waals surface area contributed by atoms with Gasteiger partial charge in [0.2, 0.25) is 0 Å². The molecule has 17 heavy (non-hydrogen) atoms. The predicted octanol–water partition coefficient (Wildman–Crippen LogP) is 3.59. The van der Waals surface area contributed by atoms with E-state index in [1.165, 1.54) is 11.3 Å². The van der Waals surface area contributed by atoms with Crippen molar-refractivity contribution < 1.29 is 0 Å². The molecule has 5 heteroatoms. The quantitative estimate of drug-likeness (QED) is 0.728. The van der Waals surface area contributed by atoms with E-state index >= 15 is 0 Å². The Bertz CT molecular complexity index is 693. The van der Waals surface area contributed by atoms with Gasteiger partial charge in [0.05, 0.1) is 15.2 Å². The fourth-order valence-electron chi connectivity index (χ4n) is 1.65. The Morgan fingerprint density at radius 2 is 1.94 bits per heavy atom. The smallest absolute Gasteiger partial charge is 0.163 e. The third-order valence-corrected chi connectivity index (χ3v) is 3.70. The molecule has 0 saturated heterocycles. The first kappa shape index (κ1) is 10.5. The van der Waals surface area contributed by atoms with Crippen molar-refractivity contribution in [3.8, 4) is 11.4 Å². The molecule has 0 spiro atoms. The van der Waals surface area contributed by atoms with Crippen LogP contribution in [0.2, 0.25) is 5.02 Å². The molecule has 0 atom stereocenters. The van der Waals surface area contributed by atoms with Crippen LogP contribution in [0.3, 0.4) is 0 Å². The first-order chi connectivity index (χ1) is 8.25. The Balaban J connectivity index is 2.28. The lowest BCUT2D eigenvalue weighted by Crippen LogP contribution is -1.96. The number of thiophene rings is 1. The van der Waals surface area contributed by atoms with Gasteiger partial charge in [0.25, 0.3) is 0 Å². The maximum atomic E-state index is 6.12. The van der Waals surface area contributed by atoms with E-state index in [1.54, 1.807) is 0 Å². The van der Waals surface area contributed by atoms with Gasteiger partial charge in [0.15, 0.2) is 5.82 Å². The normalized spacial score (nSPS) is 10.9. The molecule has 0 saturated carbocycles. The summed E-state index contributed by atoms with van der Waals surface area (Å²) in [6.45, 7) is 0. The van der Waals surface area contributed by atoms with Crippen LogP contribution in [0.1, 0.15) is 0 Å². The molecule has 0 radical (unpaired) electrons. The summed E-state index contributed by atoms with van der Waals surface area (Å²) in [5.41, 5.74) is 7.56. The summed E-state index contributed by atoms with van der Waals surface area (Å²) in [5, 5.41) is 2.58. The lowest BCUT2D eigenvalue weighted by Gasteiger charge is -2.04. The fourth-order valence-corrected chi connectivity index (χ4v) is 2.60. The third kappa shape index (κ3) is 1.75. The van der Waals surface area contributed by atoms with Gasteiger partial charge in [-0.2, -0.15) is 0 Å². The van der Waals surface area contributed by atoms with Gasteiger partial charge in [-0.05, 0) is 23.6 Å². The molecular formula is C12H8ClN3S. The second kappa shape index (κ2) is 3.98. The van der Waals surface area contributed by atoms with Crippen LogP contribution in [-0.2, 0) is 0 Å². The van der Waals surface area contributed by atoms with Crippen molar-refractivity contribution in [2.24, 2.45) is 0 Å². The highest BCUT2D eigenvalue weighted by atomic mass is 35.5. The molecule has 84 valence electrons. The highest BCUT2D eigenvalue weighted by Gasteiger charge is 2.10. The van der Waals surface area contributed by atoms with Gasteiger partial charge in [0.1, 0.15) is 5.82 Å². The van der Waals surface area contributed by atoms with Gasteiger partial charge in [-0.25, -0.2) is 9.97 Å². The minimum Gasteiger partial charge on any atom is -0.382 e. The van der Waals surface area contributed by atoms with E-state index in [9.17, 15) is 0 Å². The first-order valence-corrected chi connectivity index (χ1v) is 6.27. The maximum Gasteiger partial charge on any atom is 0.163 e. The standard InChI is InChI=1S/C12H8ClN3S/c13-8-4-2-1-3-7(8)12-15-9-5-6-17-10(9)11(14)16-12/h1-6H,(H2,14,15,16). The molecule has 0 aliphatic rings. The van der Waals surface area contributed by atoms with Crippen molar-refractivity contribution in [1.29, 1.82) is 0 Å². The monoisotopic (exact) mass is 261 g/mol. The molecule has 0 aliphatic heterocycles. The van der Waals surface area contributed by atoms with Gasteiger partial charge in [-0.1, -0.05) is 23.7 Å². The van der Waals surface area contributed by atoms with Crippen LogP contribution in [0, 0.1) is 0 Å². The van der Waals surface area contributed by atoms with Crippen LogP contribution in [-0.4, -0.2) is 9.97 Å². The van der Waals surface area contributed by atoms with E-state index in [2.05, 4.69) is 9.97 Å². The number of halogens is 1.